The summed E-state index contributed by atoms with van der Waals surface area (Å²) < 4.78 is 0. The van der Waals surface area contributed by atoms with Gasteiger partial charge >= 0.3 is 5.97 Å². The van der Waals surface area contributed by atoms with Crippen molar-refractivity contribution < 1.29 is 24.3 Å². The van der Waals surface area contributed by atoms with E-state index in [4.69, 9.17) is 16.7 Å². The van der Waals surface area contributed by atoms with Crippen LogP contribution in [0.3, 0.4) is 0 Å². The topological polar surface area (TPSA) is 101 Å². The van der Waals surface area contributed by atoms with Gasteiger partial charge in [-0.3, -0.25) is 19.2 Å². The first-order valence-electron chi connectivity index (χ1n) is 12.1. The second-order valence-electron chi connectivity index (χ2n) is 8.68. The van der Waals surface area contributed by atoms with Gasteiger partial charge in [0.2, 0.25) is 0 Å². The first-order valence-corrected chi connectivity index (χ1v) is 12.5. The third-order valence-electron chi connectivity index (χ3n) is 5.99. The minimum absolute atomic E-state index is 0.00643. The molecule has 6 nitrogen and oxygen atoms in total. The van der Waals surface area contributed by atoms with Gasteiger partial charge in [-0.1, -0.05) is 78.3 Å². The Morgan fingerprint density at radius 1 is 0.667 bits per heavy atom. The fourth-order valence-corrected chi connectivity index (χ4v) is 4.02. The summed E-state index contributed by atoms with van der Waals surface area (Å²) >= 11 is 5.96. The van der Waals surface area contributed by atoms with Crippen LogP contribution < -0.4 is 5.32 Å². The van der Waals surface area contributed by atoms with Gasteiger partial charge in [-0.05, 0) is 59.2 Å². The Morgan fingerprint density at radius 3 is 1.82 bits per heavy atom. The maximum atomic E-state index is 13.6. The molecular formula is C32H24ClNO5. The lowest BCUT2D eigenvalue weighted by molar-refractivity contribution is -0.136. The van der Waals surface area contributed by atoms with Crippen molar-refractivity contribution in [2.45, 2.75) is 6.42 Å². The molecule has 194 valence electrons. The van der Waals surface area contributed by atoms with Gasteiger partial charge in [-0.15, -0.1) is 0 Å². The van der Waals surface area contributed by atoms with Crippen molar-refractivity contribution in [3.8, 4) is 11.1 Å². The summed E-state index contributed by atoms with van der Waals surface area (Å²) in [6.07, 6.45) is 1.12. The molecule has 4 rings (SSSR count). The third-order valence-corrected chi connectivity index (χ3v) is 6.24. The molecule has 39 heavy (non-hydrogen) atoms. The van der Waals surface area contributed by atoms with Gasteiger partial charge in [0, 0.05) is 33.8 Å². The van der Waals surface area contributed by atoms with E-state index in [1.165, 1.54) is 30.3 Å². The van der Waals surface area contributed by atoms with Gasteiger partial charge in [0.15, 0.2) is 11.6 Å². The van der Waals surface area contributed by atoms with Crippen molar-refractivity contribution in [2.75, 3.05) is 6.54 Å². The van der Waals surface area contributed by atoms with E-state index in [1.807, 2.05) is 42.5 Å². The molecule has 0 unspecified atom stereocenters. The molecule has 7 heteroatoms. The van der Waals surface area contributed by atoms with E-state index in [2.05, 4.69) is 5.32 Å². The Balaban J connectivity index is 1.64. The second kappa shape index (κ2) is 12.6. The summed E-state index contributed by atoms with van der Waals surface area (Å²) in [5.74, 6) is -2.19. The predicted octanol–water partition coefficient (Wildman–Crippen LogP) is 6.36. The van der Waals surface area contributed by atoms with E-state index in [0.29, 0.717) is 21.7 Å². The maximum Gasteiger partial charge on any atom is 0.305 e. The molecule has 2 N–H and O–H groups in total. The fourth-order valence-electron chi connectivity index (χ4n) is 3.89. The number of hydrogen-bond donors (Lipinski definition) is 2. The number of hydrogen-bond acceptors (Lipinski definition) is 4. The van der Waals surface area contributed by atoms with Crippen molar-refractivity contribution >= 4 is 40.6 Å². The maximum absolute atomic E-state index is 13.6. The summed E-state index contributed by atoms with van der Waals surface area (Å²) in [5, 5.41) is 11.8. The zero-order chi connectivity index (χ0) is 27.8. The van der Waals surface area contributed by atoms with Crippen LogP contribution >= 0.6 is 11.6 Å². The number of amides is 1. The summed E-state index contributed by atoms with van der Waals surface area (Å²) in [6, 6.07) is 29.6. The Labute approximate surface area is 230 Å². The van der Waals surface area contributed by atoms with Crippen LogP contribution in [0.25, 0.3) is 16.7 Å². The second-order valence-corrected chi connectivity index (χ2v) is 9.12. The number of aliphatic carboxylic acids is 1. The predicted molar refractivity (Wildman–Crippen MR) is 151 cm³/mol. The van der Waals surface area contributed by atoms with Gasteiger partial charge in [-0.25, -0.2) is 0 Å². The van der Waals surface area contributed by atoms with Crippen molar-refractivity contribution in [3.63, 3.8) is 0 Å². The molecule has 0 spiro atoms. The van der Waals surface area contributed by atoms with Crippen LogP contribution in [0.1, 0.15) is 43.1 Å². The van der Waals surface area contributed by atoms with Crippen LogP contribution in [0.15, 0.2) is 109 Å². The van der Waals surface area contributed by atoms with Crippen molar-refractivity contribution in [3.05, 3.63) is 136 Å². The Hall–Kier alpha value is -4.81. The molecule has 0 saturated carbocycles. The van der Waals surface area contributed by atoms with Crippen LogP contribution in [-0.4, -0.2) is 35.1 Å². The summed E-state index contributed by atoms with van der Waals surface area (Å²) in [6.45, 7) is -0.00643. The zero-order valence-electron chi connectivity index (χ0n) is 20.8. The number of carboxylic acid groups (broad SMARTS) is 1. The first-order chi connectivity index (χ1) is 18.8. The lowest BCUT2D eigenvalue weighted by atomic mass is 9.92. The Kier molecular flexibility index (Phi) is 8.82. The van der Waals surface area contributed by atoms with Crippen LogP contribution in [0, 0.1) is 0 Å². The summed E-state index contributed by atoms with van der Waals surface area (Å²) in [5.41, 5.74) is 3.72. The first kappa shape index (κ1) is 27.2. The van der Waals surface area contributed by atoms with Crippen molar-refractivity contribution in [1.82, 2.24) is 5.32 Å². The highest BCUT2D eigenvalue weighted by molar-refractivity contribution is 6.33. The molecule has 0 atom stereocenters. The monoisotopic (exact) mass is 537 g/mol. The minimum Gasteiger partial charge on any atom is -0.481 e. The molecule has 0 aliphatic carbocycles. The number of halogens is 1. The molecule has 0 radical (unpaired) electrons. The molecule has 4 aromatic rings. The van der Waals surface area contributed by atoms with Crippen LogP contribution in [-0.2, 0) is 4.79 Å². The average molecular weight is 538 g/mol. The van der Waals surface area contributed by atoms with E-state index >= 15 is 0 Å². The zero-order valence-corrected chi connectivity index (χ0v) is 21.5. The normalized spacial score (nSPS) is 11.1. The highest BCUT2D eigenvalue weighted by atomic mass is 35.5. The van der Waals surface area contributed by atoms with Gasteiger partial charge < -0.3 is 10.4 Å². The summed E-state index contributed by atoms with van der Waals surface area (Å²) in [4.78, 5) is 49.7. The van der Waals surface area contributed by atoms with Gasteiger partial charge in [0.25, 0.3) is 5.91 Å². The Morgan fingerprint density at radius 2 is 1.21 bits per heavy atom. The largest absolute Gasteiger partial charge is 0.481 e. The molecule has 1 amide bonds. The smallest absolute Gasteiger partial charge is 0.305 e. The van der Waals surface area contributed by atoms with Crippen molar-refractivity contribution in [1.29, 1.82) is 0 Å². The Bertz CT molecular complexity index is 1520. The van der Waals surface area contributed by atoms with Gasteiger partial charge in [-0.2, -0.15) is 0 Å². The number of carboxylic acids is 1. The van der Waals surface area contributed by atoms with Crippen LogP contribution in [0.2, 0.25) is 5.02 Å². The molecular weight excluding hydrogens is 514 g/mol. The van der Waals surface area contributed by atoms with Gasteiger partial charge in [0.1, 0.15) is 0 Å². The quantitative estimate of drug-likeness (QED) is 0.181. The molecule has 0 bridgehead atoms. The van der Waals surface area contributed by atoms with E-state index in [9.17, 15) is 19.2 Å². The number of benzene rings is 4. The molecule has 0 saturated heterocycles. The summed E-state index contributed by atoms with van der Waals surface area (Å²) in [7, 11) is 0. The highest BCUT2D eigenvalue weighted by Gasteiger charge is 2.18. The molecule has 0 fully saturated rings. The highest BCUT2D eigenvalue weighted by Crippen LogP contribution is 2.26. The SMILES string of the molecule is O=C(O)CCNC(=O)c1ccc(C(=O)/C(=C\C(=O)c2ccc(Cl)cc2)c2ccc(-c3ccccc3)cc2)cc1. The standard InChI is InChI=1S/C32H24ClNO5/c33-27-16-14-24(15-17-27)29(35)20-28(23-8-6-22(7-9-23)21-4-2-1-3-5-21)31(38)25-10-12-26(13-11-25)32(39)34-19-18-30(36)37/h1-17,20H,18-19H2,(H,34,39)(H,36,37)/b28-20-. The van der Waals surface area contributed by atoms with Crippen molar-refractivity contribution in [2.24, 2.45) is 0 Å². The molecule has 4 aromatic carbocycles. The number of allylic oxidation sites excluding steroid dienone is 2. The lowest BCUT2D eigenvalue weighted by Crippen LogP contribution is -2.26. The lowest BCUT2D eigenvalue weighted by Gasteiger charge is -2.10. The van der Waals surface area contributed by atoms with Gasteiger partial charge in [0.05, 0.1) is 6.42 Å². The molecule has 0 aromatic heterocycles. The van der Waals surface area contributed by atoms with E-state index in [-0.39, 0.29) is 35.7 Å². The number of carbonyl (C=O) groups is 4. The molecule has 0 heterocycles. The number of ketones is 2. The van der Waals surface area contributed by atoms with E-state index in [0.717, 1.165) is 11.1 Å². The third kappa shape index (κ3) is 7.15. The minimum atomic E-state index is -1.01. The van der Waals surface area contributed by atoms with E-state index < -0.39 is 11.9 Å². The fraction of sp³-hybridized carbons (Fsp3) is 0.0625. The number of carbonyl (C=O) groups excluding carboxylic acids is 3. The van der Waals surface area contributed by atoms with E-state index in [1.54, 1.807) is 36.4 Å². The van der Waals surface area contributed by atoms with Crippen LogP contribution in [0.5, 0.6) is 0 Å². The van der Waals surface area contributed by atoms with Crippen LogP contribution in [0.4, 0.5) is 0 Å². The molecule has 0 aliphatic rings. The average Bonchev–Trinajstić information content (AvgIpc) is 2.96. The molecule has 0 aliphatic heterocycles. The number of Topliss-reactive ketones (excluding diaryl/α,β-unsaturated/α-hetero) is 1. The number of rotatable bonds is 10. The number of nitrogens with one attached hydrogen (secondary N) is 1.